The molecule has 0 bridgehead atoms. The van der Waals surface area contributed by atoms with Gasteiger partial charge in [0.25, 0.3) is 11.8 Å². The summed E-state index contributed by atoms with van der Waals surface area (Å²) in [6.45, 7) is 1.96. The fourth-order valence-electron chi connectivity index (χ4n) is 2.58. The van der Waals surface area contributed by atoms with Crippen LogP contribution in [0.3, 0.4) is 0 Å². The fourth-order valence-corrected chi connectivity index (χ4v) is 2.58. The molecule has 0 saturated heterocycles. The summed E-state index contributed by atoms with van der Waals surface area (Å²) in [4.78, 5) is 36.9. The fraction of sp³-hybridized carbons (Fsp3) is 0.0870. The average molecular weight is 422 g/mol. The maximum Gasteiger partial charge on any atom is 0.338 e. The van der Waals surface area contributed by atoms with Crippen LogP contribution in [0.5, 0.6) is 0 Å². The van der Waals surface area contributed by atoms with Gasteiger partial charge in [-0.1, -0.05) is 12.1 Å². The van der Waals surface area contributed by atoms with E-state index >= 15 is 0 Å². The highest BCUT2D eigenvalue weighted by Crippen LogP contribution is 2.14. The minimum atomic E-state index is -0.619. The van der Waals surface area contributed by atoms with E-state index in [2.05, 4.69) is 10.6 Å². The number of halogens is 1. The summed E-state index contributed by atoms with van der Waals surface area (Å²) in [6, 6.07) is 14.5. The van der Waals surface area contributed by atoms with Gasteiger partial charge in [-0.2, -0.15) is 0 Å². The van der Waals surface area contributed by atoms with Gasteiger partial charge in [0.1, 0.15) is 11.5 Å². The molecule has 1 heterocycles. The Labute approximate surface area is 177 Å². The number of carbonyl (C=O) groups is 3. The van der Waals surface area contributed by atoms with Crippen molar-refractivity contribution in [2.45, 2.75) is 6.92 Å². The molecule has 7 nitrogen and oxygen atoms in total. The summed E-state index contributed by atoms with van der Waals surface area (Å²) in [7, 11) is 0. The van der Waals surface area contributed by atoms with Crippen LogP contribution in [0.1, 0.15) is 33.4 Å². The molecule has 3 rings (SSSR count). The van der Waals surface area contributed by atoms with Crippen LogP contribution in [0, 0.1) is 5.82 Å². The number of amides is 2. The van der Waals surface area contributed by atoms with Gasteiger partial charge in [0.05, 0.1) is 18.4 Å². The van der Waals surface area contributed by atoms with E-state index in [-0.39, 0.29) is 18.1 Å². The van der Waals surface area contributed by atoms with Gasteiger partial charge in [0.15, 0.2) is 5.76 Å². The molecular weight excluding hydrogens is 403 g/mol. The predicted molar refractivity (Wildman–Crippen MR) is 112 cm³/mol. The van der Waals surface area contributed by atoms with Gasteiger partial charge in [-0.25, -0.2) is 9.18 Å². The van der Waals surface area contributed by atoms with E-state index in [1.165, 1.54) is 66.9 Å². The number of furan rings is 1. The number of benzene rings is 2. The highest BCUT2D eigenvalue weighted by atomic mass is 19.1. The first kappa shape index (κ1) is 21.5. The number of ether oxygens (including phenoxy) is 1. The van der Waals surface area contributed by atoms with Crippen LogP contribution in [-0.4, -0.2) is 24.4 Å². The van der Waals surface area contributed by atoms with E-state index in [4.69, 9.17) is 9.15 Å². The second kappa shape index (κ2) is 10.0. The molecule has 0 atom stereocenters. The Bertz CT molecular complexity index is 1090. The van der Waals surface area contributed by atoms with E-state index in [0.29, 0.717) is 16.8 Å². The lowest BCUT2D eigenvalue weighted by Crippen LogP contribution is -2.30. The van der Waals surface area contributed by atoms with Crippen LogP contribution in [0.4, 0.5) is 10.1 Å². The van der Waals surface area contributed by atoms with Gasteiger partial charge < -0.3 is 19.8 Å². The van der Waals surface area contributed by atoms with Crippen molar-refractivity contribution in [2.75, 3.05) is 11.9 Å². The first-order chi connectivity index (χ1) is 15.0. The maximum atomic E-state index is 13.2. The van der Waals surface area contributed by atoms with Crippen molar-refractivity contribution < 1.29 is 27.9 Å². The van der Waals surface area contributed by atoms with Crippen molar-refractivity contribution in [1.29, 1.82) is 0 Å². The molecular formula is C23H19FN2O5. The van der Waals surface area contributed by atoms with Crippen molar-refractivity contribution in [2.24, 2.45) is 0 Å². The molecule has 0 fully saturated rings. The Kier molecular flexibility index (Phi) is 6.95. The summed E-state index contributed by atoms with van der Waals surface area (Å²) in [5.41, 5.74) is 1.16. The van der Waals surface area contributed by atoms with E-state index < -0.39 is 23.6 Å². The molecule has 8 heteroatoms. The lowest BCUT2D eigenvalue weighted by Gasteiger charge is -2.11. The number of anilines is 1. The number of esters is 1. The van der Waals surface area contributed by atoms with E-state index in [9.17, 15) is 18.8 Å². The molecule has 2 N–H and O–H groups in total. The summed E-state index contributed by atoms with van der Waals surface area (Å²) >= 11 is 0. The molecule has 1 aromatic heterocycles. The zero-order valence-corrected chi connectivity index (χ0v) is 16.6. The number of nitrogens with one attached hydrogen (secondary N) is 2. The molecule has 3 aromatic rings. The third-order valence-corrected chi connectivity index (χ3v) is 4.07. The van der Waals surface area contributed by atoms with Crippen LogP contribution in [0.25, 0.3) is 6.08 Å². The summed E-state index contributed by atoms with van der Waals surface area (Å²) in [5, 5.41) is 5.14. The third kappa shape index (κ3) is 5.89. The normalized spacial score (nSPS) is 11.0. The predicted octanol–water partition coefficient (Wildman–Crippen LogP) is 4.01. The van der Waals surface area contributed by atoms with Crippen LogP contribution in [0.2, 0.25) is 0 Å². The number of carbonyl (C=O) groups excluding carboxylic acids is 3. The van der Waals surface area contributed by atoms with Gasteiger partial charge in [-0.05, 0) is 67.1 Å². The monoisotopic (exact) mass is 422 g/mol. The Balaban J connectivity index is 1.80. The molecule has 0 radical (unpaired) electrons. The Hall–Kier alpha value is -4.20. The summed E-state index contributed by atoms with van der Waals surface area (Å²) in [5.74, 6) is -2.11. The minimum absolute atomic E-state index is 0.0246. The SMILES string of the molecule is CCOC(=O)c1ccc(NC(=O)C(=Cc2ccc(F)cc2)NC(=O)c2ccco2)cc1. The Morgan fingerprint density at radius 3 is 2.35 bits per heavy atom. The number of rotatable bonds is 7. The van der Waals surface area contributed by atoms with E-state index in [0.717, 1.165) is 0 Å². The van der Waals surface area contributed by atoms with Crippen molar-refractivity contribution in [3.63, 3.8) is 0 Å². The maximum absolute atomic E-state index is 13.2. The van der Waals surface area contributed by atoms with E-state index in [1.807, 2.05) is 0 Å². The first-order valence-electron chi connectivity index (χ1n) is 9.37. The second-order valence-electron chi connectivity index (χ2n) is 6.29. The quantitative estimate of drug-likeness (QED) is 0.443. The number of hydrogen-bond acceptors (Lipinski definition) is 5. The molecule has 0 aliphatic heterocycles. The Morgan fingerprint density at radius 2 is 1.74 bits per heavy atom. The van der Waals surface area contributed by atoms with Crippen molar-refractivity contribution >= 4 is 29.5 Å². The van der Waals surface area contributed by atoms with Crippen molar-refractivity contribution in [1.82, 2.24) is 5.32 Å². The highest BCUT2D eigenvalue weighted by Gasteiger charge is 2.17. The van der Waals surface area contributed by atoms with Gasteiger partial charge in [-0.3, -0.25) is 9.59 Å². The third-order valence-electron chi connectivity index (χ3n) is 4.07. The smallest absolute Gasteiger partial charge is 0.338 e. The number of hydrogen-bond donors (Lipinski definition) is 2. The molecule has 0 saturated carbocycles. The molecule has 158 valence electrons. The largest absolute Gasteiger partial charge is 0.462 e. The first-order valence-corrected chi connectivity index (χ1v) is 9.37. The molecule has 31 heavy (non-hydrogen) atoms. The zero-order chi connectivity index (χ0) is 22.2. The van der Waals surface area contributed by atoms with Gasteiger partial charge in [0.2, 0.25) is 0 Å². The van der Waals surface area contributed by atoms with Crippen LogP contribution >= 0.6 is 0 Å². The van der Waals surface area contributed by atoms with Gasteiger partial charge >= 0.3 is 5.97 Å². The summed E-state index contributed by atoms with van der Waals surface area (Å²) < 4.78 is 23.2. The zero-order valence-electron chi connectivity index (χ0n) is 16.6. The second-order valence-corrected chi connectivity index (χ2v) is 6.29. The van der Waals surface area contributed by atoms with Crippen LogP contribution in [-0.2, 0) is 9.53 Å². The van der Waals surface area contributed by atoms with Crippen LogP contribution in [0.15, 0.2) is 77.0 Å². The molecule has 0 spiro atoms. The average Bonchev–Trinajstić information content (AvgIpc) is 3.30. The topological polar surface area (TPSA) is 97.6 Å². The lowest BCUT2D eigenvalue weighted by molar-refractivity contribution is -0.113. The molecule has 2 amide bonds. The lowest BCUT2D eigenvalue weighted by atomic mass is 10.1. The van der Waals surface area contributed by atoms with Crippen LogP contribution < -0.4 is 10.6 Å². The molecule has 2 aromatic carbocycles. The van der Waals surface area contributed by atoms with E-state index in [1.54, 1.807) is 13.0 Å². The molecule has 0 aliphatic carbocycles. The Morgan fingerprint density at radius 1 is 1.03 bits per heavy atom. The summed E-state index contributed by atoms with van der Waals surface area (Å²) in [6.07, 6.45) is 2.74. The highest BCUT2D eigenvalue weighted by molar-refractivity contribution is 6.10. The minimum Gasteiger partial charge on any atom is -0.462 e. The molecule has 0 unspecified atom stereocenters. The van der Waals surface area contributed by atoms with Crippen molar-refractivity contribution in [3.05, 3.63) is 95.3 Å². The van der Waals surface area contributed by atoms with Gasteiger partial charge in [-0.15, -0.1) is 0 Å². The molecule has 0 aliphatic rings. The van der Waals surface area contributed by atoms with Crippen molar-refractivity contribution in [3.8, 4) is 0 Å². The standard InChI is InChI=1S/C23H19FN2O5/c1-2-30-23(29)16-7-11-18(12-8-16)25-21(27)19(14-15-5-9-17(24)10-6-15)26-22(28)20-4-3-13-31-20/h3-14H,2H2,1H3,(H,25,27)(H,26,28). The van der Waals surface area contributed by atoms with Gasteiger partial charge in [0, 0.05) is 5.69 Å².